The first-order chi connectivity index (χ1) is 8.13. The number of hydrogen-bond acceptors (Lipinski definition) is 2. The van der Waals surface area contributed by atoms with Gasteiger partial charge in [0.25, 0.3) is 0 Å². The number of amides is 1. The Morgan fingerprint density at radius 2 is 1.88 bits per heavy atom. The van der Waals surface area contributed by atoms with Crippen LogP contribution in [-0.4, -0.2) is 24.5 Å². The zero-order chi connectivity index (χ0) is 12.7. The molecule has 0 aliphatic heterocycles. The van der Waals surface area contributed by atoms with Crippen LogP contribution in [-0.2, 0) is 11.2 Å². The Kier molecular flexibility index (Phi) is 5.70. The highest BCUT2D eigenvalue weighted by atomic mass is 16.2. The molecule has 0 aromatic heterocycles. The van der Waals surface area contributed by atoms with Gasteiger partial charge in [-0.2, -0.15) is 0 Å². The second kappa shape index (κ2) is 7.07. The molecule has 0 spiro atoms. The van der Waals surface area contributed by atoms with Crippen molar-refractivity contribution >= 4 is 5.91 Å². The van der Waals surface area contributed by atoms with Crippen LogP contribution in [0.5, 0.6) is 0 Å². The summed E-state index contributed by atoms with van der Waals surface area (Å²) in [7, 11) is 0. The number of benzene rings is 1. The van der Waals surface area contributed by atoms with Crippen molar-refractivity contribution in [2.24, 2.45) is 0 Å². The molecular formula is C14H22N2O. The Bertz CT molecular complexity index is 337. The fraction of sp³-hybridized carbons (Fsp3) is 0.500. The second-order valence-corrected chi connectivity index (χ2v) is 4.37. The predicted molar refractivity (Wildman–Crippen MR) is 70.9 cm³/mol. The van der Waals surface area contributed by atoms with Crippen molar-refractivity contribution in [1.29, 1.82) is 0 Å². The van der Waals surface area contributed by atoms with Gasteiger partial charge in [0.15, 0.2) is 0 Å². The highest BCUT2D eigenvalue weighted by Gasteiger charge is 2.14. The lowest BCUT2D eigenvalue weighted by molar-refractivity contribution is -0.122. The SMILES string of the molecule is CCNC(=O)C(C)NC(C)Cc1ccccc1. The predicted octanol–water partition coefficient (Wildman–Crippen LogP) is 1.73. The summed E-state index contributed by atoms with van der Waals surface area (Å²) in [5.41, 5.74) is 1.29. The summed E-state index contributed by atoms with van der Waals surface area (Å²) in [6.45, 7) is 6.60. The maximum Gasteiger partial charge on any atom is 0.236 e. The van der Waals surface area contributed by atoms with Crippen molar-refractivity contribution in [3.63, 3.8) is 0 Å². The summed E-state index contributed by atoms with van der Waals surface area (Å²) in [5, 5.41) is 6.11. The second-order valence-electron chi connectivity index (χ2n) is 4.37. The van der Waals surface area contributed by atoms with Crippen LogP contribution in [0.25, 0.3) is 0 Å². The first-order valence-electron chi connectivity index (χ1n) is 6.21. The van der Waals surface area contributed by atoms with Crippen LogP contribution < -0.4 is 10.6 Å². The van der Waals surface area contributed by atoms with Gasteiger partial charge in [-0.15, -0.1) is 0 Å². The normalized spacial score (nSPS) is 14.1. The molecule has 3 heteroatoms. The maximum atomic E-state index is 11.6. The number of nitrogens with one attached hydrogen (secondary N) is 2. The monoisotopic (exact) mass is 234 g/mol. The van der Waals surface area contributed by atoms with E-state index in [4.69, 9.17) is 0 Å². The van der Waals surface area contributed by atoms with E-state index in [1.54, 1.807) is 0 Å². The summed E-state index contributed by atoms with van der Waals surface area (Å²) < 4.78 is 0. The van der Waals surface area contributed by atoms with E-state index in [1.165, 1.54) is 5.56 Å². The van der Waals surface area contributed by atoms with Crippen molar-refractivity contribution in [2.45, 2.75) is 39.3 Å². The molecule has 17 heavy (non-hydrogen) atoms. The van der Waals surface area contributed by atoms with Gasteiger partial charge in [-0.25, -0.2) is 0 Å². The van der Waals surface area contributed by atoms with E-state index in [0.29, 0.717) is 6.54 Å². The molecule has 3 nitrogen and oxygen atoms in total. The van der Waals surface area contributed by atoms with Gasteiger partial charge in [0, 0.05) is 12.6 Å². The number of likely N-dealkylation sites (N-methyl/N-ethyl adjacent to an activating group) is 1. The van der Waals surface area contributed by atoms with E-state index in [9.17, 15) is 4.79 Å². The van der Waals surface area contributed by atoms with Crippen molar-refractivity contribution in [2.75, 3.05) is 6.54 Å². The first-order valence-corrected chi connectivity index (χ1v) is 6.21. The molecular weight excluding hydrogens is 212 g/mol. The summed E-state index contributed by atoms with van der Waals surface area (Å²) in [6, 6.07) is 10.4. The summed E-state index contributed by atoms with van der Waals surface area (Å²) in [5.74, 6) is 0.0624. The average molecular weight is 234 g/mol. The summed E-state index contributed by atoms with van der Waals surface area (Å²) >= 11 is 0. The van der Waals surface area contributed by atoms with Crippen LogP contribution in [0.3, 0.4) is 0 Å². The van der Waals surface area contributed by atoms with Gasteiger partial charge in [0.05, 0.1) is 6.04 Å². The molecule has 0 radical (unpaired) electrons. The zero-order valence-electron chi connectivity index (χ0n) is 10.9. The minimum Gasteiger partial charge on any atom is -0.355 e. The zero-order valence-corrected chi connectivity index (χ0v) is 10.9. The van der Waals surface area contributed by atoms with Gasteiger partial charge in [-0.3, -0.25) is 4.79 Å². The van der Waals surface area contributed by atoms with E-state index in [0.717, 1.165) is 6.42 Å². The standard InChI is InChI=1S/C14H22N2O/c1-4-15-14(17)12(3)16-11(2)10-13-8-6-5-7-9-13/h5-9,11-12,16H,4,10H2,1-3H3,(H,15,17). The largest absolute Gasteiger partial charge is 0.355 e. The third-order valence-corrected chi connectivity index (χ3v) is 2.66. The number of carbonyl (C=O) groups is 1. The molecule has 0 bridgehead atoms. The fourth-order valence-corrected chi connectivity index (χ4v) is 1.86. The van der Waals surface area contributed by atoms with Gasteiger partial charge < -0.3 is 10.6 Å². The molecule has 1 rings (SSSR count). The van der Waals surface area contributed by atoms with Gasteiger partial charge in [-0.1, -0.05) is 30.3 Å². The Labute approximate surface area is 104 Å². The van der Waals surface area contributed by atoms with Crippen LogP contribution in [0.1, 0.15) is 26.3 Å². The van der Waals surface area contributed by atoms with Gasteiger partial charge in [0.1, 0.15) is 0 Å². The molecule has 2 N–H and O–H groups in total. The van der Waals surface area contributed by atoms with E-state index >= 15 is 0 Å². The van der Waals surface area contributed by atoms with Crippen LogP contribution in [0.4, 0.5) is 0 Å². The minimum absolute atomic E-state index is 0.0624. The molecule has 1 amide bonds. The summed E-state index contributed by atoms with van der Waals surface area (Å²) in [6.07, 6.45) is 0.935. The minimum atomic E-state index is -0.145. The Hall–Kier alpha value is -1.35. The van der Waals surface area contributed by atoms with E-state index in [2.05, 4.69) is 29.7 Å². The van der Waals surface area contributed by atoms with E-state index in [-0.39, 0.29) is 18.0 Å². The molecule has 0 heterocycles. The lowest BCUT2D eigenvalue weighted by Gasteiger charge is -2.19. The highest BCUT2D eigenvalue weighted by molar-refractivity contribution is 5.81. The third-order valence-electron chi connectivity index (χ3n) is 2.66. The number of carbonyl (C=O) groups excluding carboxylic acids is 1. The summed E-state index contributed by atoms with van der Waals surface area (Å²) in [4.78, 5) is 11.6. The lowest BCUT2D eigenvalue weighted by atomic mass is 10.1. The van der Waals surface area contributed by atoms with E-state index < -0.39 is 0 Å². The van der Waals surface area contributed by atoms with Crippen LogP contribution in [0, 0.1) is 0 Å². The molecule has 0 aliphatic carbocycles. The molecule has 1 aromatic carbocycles. The van der Waals surface area contributed by atoms with Gasteiger partial charge >= 0.3 is 0 Å². The molecule has 2 atom stereocenters. The fourth-order valence-electron chi connectivity index (χ4n) is 1.86. The third kappa shape index (κ3) is 5.00. The van der Waals surface area contributed by atoms with Crippen LogP contribution in [0.2, 0.25) is 0 Å². The van der Waals surface area contributed by atoms with Crippen molar-refractivity contribution in [3.8, 4) is 0 Å². The molecule has 0 saturated heterocycles. The number of hydrogen-bond donors (Lipinski definition) is 2. The number of rotatable bonds is 6. The van der Waals surface area contributed by atoms with Crippen molar-refractivity contribution < 1.29 is 4.79 Å². The Morgan fingerprint density at radius 1 is 1.24 bits per heavy atom. The molecule has 2 unspecified atom stereocenters. The van der Waals surface area contributed by atoms with E-state index in [1.807, 2.05) is 32.0 Å². The molecule has 0 fully saturated rings. The highest BCUT2D eigenvalue weighted by Crippen LogP contribution is 2.03. The average Bonchev–Trinajstić information content (AvgIpc) is 2.30. The molecule has 0 aliphatic rings. The molecule has 0 saturated carbocycles. The van der Waals surface area contributed by atoms with Crippen molar-refractivity contribution in [1.82, 2.24) is 10.6 Å². The van der Waals surface area contributed by atoms with Crippen LogP contribution in [0.15, 0.2) is 30.3 Å². The quantitative estimate of drug-likeness (QED) is 0.787. The molecule has 1 aromatic rings. The van der Waals surface area contributed by atoms with Crippen molar-refractivity contribution in [3.05, 3.63) is 35.9 Å². The lowest BCUT2D eigenvalue weighted by Crippen LogP contribution is -2.46. The molecule has 94 valence electrons. The topological polar surface area (TPSA) is 41.1 Å². The van der Waals surface area contributed by atoms with Gasteiger partial charge in [-0.05, 0) is 32.8 Å². The Balaban J connectivity index is 2.39. The maximum absolute atomic E-state index is 11.6. The first kappa shape index (κ1) is 13.7. The smallest absolute Gasteiger partial charge is 0.236 e. The Morgan fingerprint density at radius 3 is 2.47 bits per heavy atom. The van der Waals surface area contributed by atoms with Crippen LogP contribution >= 0.6 is 0 Å². The van der Waals surface area contributed by atoms with Gasteiger partial charge in [0.2, 0.25) is 5.91 Å².